The van der Waals surface area contributed by atoms with Gasteiger partial charge in [0.25, 0.3) is 0 Å². The van der Waals surface area contributed by atoms with Crippen molar-refractivity contribution in [2.45, 2.75) is 232 Å². The molecular weight excluding hydrogens is 675 g/mol. The molecule has 310 valence electrons. The third-order valence-electron chi connectivity index (χ3n) is 11.5. The summed E-state index contributed by atoms with van der Waals surface area (Å²) >= 11 is 0. The van der Waals surface area contributed by atoms with Crippen molar-refractivity contribution < 1.29 is 33.8 Å². The first-order chi connectivity index (χ1) is 24.3. The molecule has 4 heteroatoms. The number of benzene rings is 1. The number of hydrogen-bond donors (Lipinski definition) is 0. The Kier molecular flexibility index (Phi) is 39.0. The van der Waals surface area contributed by atoms with Crippen LogP contribution >= 0.6 is 0 Å². The van der Waals surface area contributed by atoms with Crippen LogP contribution in [0.25, 0.3) is 0 Å². The van der Waals surface area contributed by atoms with Gasteiger partial charge in [0, 0.05) is 11.1 Å². The Bertz CT molecular complexity index is 768. The summed E-state index contributed by atoms with van der Waals surface area (Å²) in [5.74, 6) is 0. The standard InChI is InChI=1S/C48H94N2.2ClH/c1-7-9-11-13-15-17-19-21-23-25-27-29-31-33-35-37-43-49(3,4)45-47-39-41-48(42-40-47)46-50(5,6)44-38-36-34-32-30-28-26-24-22-20-18-16-14-12-10-8-2;;/h39-42H,7-38,43-46H2,1-6H3;2*1H/q+2;;/p-2. The molecule has 1 aromatic rings. The zero-order chi connectivity index (χ0) is 36.4. The molecule has 0 atom stereocenters. The first kappa shape index (κ1) is 53.8. The minimum absolute atomic E-state index is 0. The summed E-state index contributed by atoms with van der Waals surface area (Å²) in [7, 11) is 9.71. The topological polar surface area (TPSA) is 0 Å². The van der Waals surface area contributed by atoms with Gasteiger partial charge in [-0.3, -0.25) is 0 Å². The van der Waals surface area contributed by atoms with E-state index >= 15 is 0 Å². The van der Waals surface area contributed by atoms with Crippen LogP contribution < -0.4 is 24.8 Å². The number of unbranched alkanes of at least 4 members (excludes halogenated alkanes) is 30. The van der Waals surface area contributed by atoms with Crippen LogP contribution in [0.4, 0.5) is 0 Å². The number of quaternary nitrogens is 2. The molecule has 0 spiro atoms. The fraction of sp³-hybridized carbons (Fsp3) is 0.875. The van der Waals surface area contributed by atoms with E-state index in [9.17, 15) is 0 Å². The molecular formula is C48H94Cl2N2. The van der Waals surface area contributed by atoms with Crippen molar-refractivity contribution in [2.24, 2.45) is 0 Å². The lowest BCUT2D eigenvalue weighted by Crippen LogP contribution is -3.00. The van der Waals surface area contributed by atoms with E-state index < -0.39 is 0 Å². The highest BCUT2D eigenvalue weighted by Gasteiger charge is 2.18. The van der Waals surface area contributed by atoms with Gasteiger partial charge in [0.1, 0.15) is 13.1 Å². The first-order valence-electron chi connectivity index (χ1n) is 23.0. The molecule has 0 amide bonds. The van der Waals surface area contributed by atoms with Crippen molar-refractivity contribution in [3.63, 3.8) is 0 Å². The molecule has 0 saturated heterocycles. The Balaban J connectivity index is 0. The number of halogens is 2. The molecule has 0 aliphatic rings. The van der Waals surface area contributed by atoms with Crippen molar-refractivity contribution in [1.29, 1.82) is 0 Å². The minimum Gasteiger partial charge on any atom is -1.00 e. The van der Waals surface area contributed by atoms with Crippen LogP contribution in [0.15, 0.2) is 24.3 Å². The van der Waals surface area contributed by atoms with E-state index in [-0.39, 0.29) is 24.8 Å². The lowest BCUT2D eigenvalue weighted by Gasteiger charge is -2.31. The minimum atomic E-state index is 0. The second-order valence-corrected chi connectivity index (χ2v) is 18.1. The van der Waals surface area contributed by atoms with Gasteiger partial charge < -0.3 is 33.8 Å². The highest BCUT2D eigenvalue weighted by Crippen LogP contribution is 2.19. The quantitative estimate of drug-likeness (QED) is 0.0465. The van der Waals surface area contributed by atoms with Crippen molar-refractivity contribution in [3.8, 4) is 0 Å². The fourth-order valence-corrected chi connectivity index (χ4v) is 8.07. The van der Waals surface area contributed by atoms with Gasteiger partial charge in [-0.25, -0.2) is 0 Å². The Morgan fingerprint density at radius 1 is 0.288 bits per heavy atom. The smallest absolute Gasteiger partial charge is 0.104 e. The Labute approximate surface area is 341 Å². The maximum atomic E-state index is 2.43. The third kappa shape index (κ3) is 35.4. The maximum Gasteiger partial charge on any atom is 0.104 e. The van der Waals surface area contributed by atoms with Gasteiger partial charge in [0.15, 0.2) is 0 Å². The van der Waals surface area contributed by atoms with Crippen LogP contribution in [-0.4, -0.2) is 50.2 Å². The predicted molar refractivity (Wildman–Crippen MR) is 227 cm³/mol. The second-order valence-electron chi connectivity index (χ2n) is 18.1. The van der Waals surface area contributed by atoms with Crippen LogP contribution in [0, 0.1) is 0 Å². The molecule has 0 heterocycles. The second kappa shape index (κ2) is 37.6. The summed E-state index contributed by atoms with van der Waals surface area (Å²) < 4.78 is 2.22. The van der Waals surface area contributed by atoms with E-state index in [1.807, 2.05) is 0 Å². The molecule has 1 rings (SSSR count). The summed E-state index contributed by atoms with van der Waals surface area (Å²) in [6, 6.07) is 9.66. The molecule has 0 aliphatic heterocycles. The predicted octanol–water partition coefficient (Wildman–Crippen LogP) is 9.37. The summed E-state index contributed by atoms with van der Waals surface area (Å²) in [5.41, 5.74) is 3.00. The normalized spacial score (nSPS) is 11.8. The van der Waals surface area contributed by atoms with Crippen molar-refractivity contribution >= 4 is 0 Å². The molecule has 0 radical (unpaired) electrons. The van der Waals surface area contributed by atoms with Crippen LogP contribution in [-0.2, 0) is 13.1 Å². The number of hydrogen-bond acceptors (Lipinski definition) is 0. The highest BCUT2D eigenvalue weighted by molar-refractivity contribution is 5.21. The number of nitrogens with zero attached hydrogens (tertiary/aromatic N) is 2. The highest BCUT2D eigenvalue weighted by atomic mass is 35.5. The van der Waals surface area contributed by atoms with E-state index in [2.05, 4.69) is 66.3 Å². The van der Waals surface area contributed by atoms with Gasteiger partial charge in [-0.05, 0) is 25.7 Å². The summed E-state index contributed by atoms with van der Waals surface area (Å²) in [4.78, 5) is 0. The maximum absolute atomic E-state index is 2.43. The molecule has 0 aliphatic carbocycles. The third-order valence-corrected chi connectivity index (χ3v) is 11.5. The molecule has 0 N–H and O–H groups in total. The largest absolute Gasteiger partial charge is 1.00 e. The Hall–Kier alpha value is -0.280. The molecule has 0 bridgehead atoms. The average molecular weight is 770 g/mol. The molecule has 52 heavy (non-hydrogen) atoms. The summed E-state index contributed by atoms with van der Waals surface area (Å²) in [5, 5.41) is 0. The Morgan fingerprint density at radius 2 is 0.462 bits per heavy atom. The molecule has 0 saturated carbocycles. The van der Waals surface area contributed by atoms with E-state index in [1.165, 1.54) is 230 Å². The average Bonchev–Trinajstić information content (AvgIpc) is 3.08. The van der Waals surface area contributed by atoms with Crippen molar-refractivity contribution in [3.05, 3.63) is 35.4 Å². The van der Waals surface area contributed by atoms with Gasteiger partial charge in [-0.15, -0.1) is 0 Å². The zero-order valence-electron chi connectivity index (χ0n) is 36.4. The Morgan fingerprint density at radius 3 is 0.654 bits per heavy atom. The number of rotatable bonds is 38. The fourth-order valence-electron chi connectivity index (χ4n) is 8.07. The van der Waals surface area contributed by atoms with E-state index in [0.717, 1.165) is 22.1 Å². The van der Waals surface area contributed by atoms with Crippen LogP contribution in [0.2, 0.25) is 0 Å². The molecule has 0 fully saturated rings. The lowest BCUT2D eigenvalue weighted by atomic mass is 10.0. The molecule has 0 aromatic heterocycles. The van der Waals surface area contributed by atoms with Gasteiger partial charge in [0.05, 0.1) is 41.3 Å². The SMILES string of the molecule is CCCCCCCCCCCCCCCCCC[N+](C)(C)Cc1ccc(C[N+](C)(C)CCCCCCCCCCCCCCCCCC)cc1.[Cl-].[Cl-]. The van der Waals surface area contributed by atoms with Crippen molar-refractivity contribution in [2.75, 3.05) is 41.3 Å². The zero-order valence-corrected chi connectivity index (χ0v) is 37.9. The van der Waals surface area contributed by atoms with Gasteiger partial charge in [0.2, 0.25) is 0 Å². The summed E-state index contributed by atoms with van der Waals surface area (Å²) in [6.07, 6.45) is 46.2. The van der Waals surface area contributed by atoms with Gasteiger partial charge in [-0.1, -0.05) is 218 Å². The van der Waals surface area contributed by atoms with Gasteiger partial charge in [-0.2, -0.15) is 0 Å². The van der Waals surface area contributed by atoms with E-state index in [0.29, 0.717) is 0 Å². The lowest BCUT2D eigenvalue weighted by molar-refractivity contribution is -0.904. The summed E-state index contributed by atoms with van der Waals surface area (Å²) in [6.45, 7) is 9.51. The molecule has 1 aromatic carbocycles. The van der Waals surface area contributed by atoms with E-state index in [4.69, 9.17) is 0 Å². The van der Waals surface area contributed by atoms with Gasteiger partial charge >= 0.3 is 0 Å². The molecule has 0 unspecified atom stereocenters. The van der Waals surface area contributed by atoms with Crippen LogP contribution in [0.1, 0.15) is 230 Å². The molecule has 2 nitrogen and oxygen atoms in total. The first-order valence-corrected chi connectivity index (χ1v) is 23.0. The monoisotopic (exact) mass is 769 g/mol. The van der Waals surface area contributed by atoms with E-state index in [1.54, 1.807) is 0 Å². The van der Waals surface area contributed by atoms with Crippen LogP contribution in [0.5, 0.6) is 0 Å². The van der Waals surface area contributed by atoms with Crippen molar-refractivity contribution in [1.82, 2.24) is 0 Å². The van der Waals surface area contributed by atoms with Crippen LogP contribution in [0.3, 0.4) is 0 Å².